The monoisotopic (exact) mass is 738 g/mol. The van der Waals surface area contributed by atoms with Crippen LogP contribution in [0.25, 0.3) is 0 Å². The van der Waals surface area contributed by atoms with Crippen molar-refractivity contribution in [1.82, 2.24) is 0 Å². The summed E-state index contributed by atoms with van der Waals surface area (Å²) in [7, 11) is 0. The Balaban J connectivity index is 1.06. The summed E-state index contributed by atoms with van der Waals surface area (Å²) in [5.41, 5.74) is 0.762. The van der Waals surface area contributed by atoms with E-state index in [1.165, 1.54) is 6.92 Å². The van der Waals surface area contributed by atoms with Crippen LogP contribution in [-0.4, -0.2) is 134 Å². The quantitative estimate of drug-likeness (QED) is 0.200. The molecule has 0 aromatic carbocycles. The fourth-order valence-electron chi connectivity index (χ4n) is 12.6. The Bertz CT molecular complexity index is 1340. The zero-order valence-corrected chi connectivity index (χ0v) is 31.2. The molecular weight excluding hydrogens is 676 g/mol. The minimum absolute atomic E-state index is 0.101. The Morgan fingerprint density at radius 3 is 2.31 bits per heavy atom. The van der Waals surface area contributed by atoms with Gasteiger partial charge in [0.15, 0.2) is 18.4 Å². The zero-order valence-electron chi connectivity index (χ0n) is 31.2. The lowest BCUT2D eigenvalue weighted by atomic mass is 9.46. The molecule has 296 valence electrons. The fourth-order valence-corrected chi connectivity index (χ4v) is 12.6. The van der Waals surface area contributed by atoms with E-state index >= 15 is 0 Å². The molecule has 1 spiro atoms. The molecule has 8 rings (SSSR count). The summed E-state index contributed by atoms with van der Waals surface area (Å²) in [5, 5.41) is 74.9. The van der Waals surface area contributed by atoms with Crippen molar-refractivity contribution in [3.8, 4) is 0 Å². The highest BCUT2D eigenvalue weighted by atomic mass is 16.8. The Hall–Kier alpha value is -0.780. The topological polar surface area (TPSA) is 197 Å². The van der Waals surface area contributed by atoms with E-state index < -0.39 is 91.4 Å². The maximum absolute atomic E-state index is 11.3. The third kappa shape index (κ3) is 5.74. The first-order chi connectivity index (χ1) is 24.6. The van der Waals surface area contributed by atoms with Gasteiger partial charge in [0.2, 0.25) is 0 Å². The largest absolute Gasteiger partial charge is 0.394 e. The molecule has 13 heteroatoms. The van der Waals surface area contributed by atoms with Gasteiger partial charge in [-0.15, -0.1) is 0 Å². The molecule has 4 saturated heterocycles. The van der Waals surface area contributed by atoms with Gasteiger partial charge >= 0.3 is 0 Å². The molecule has 4 heterocycles. The minimum atomic E-state index is -1.66. The normalized spacial score (nSPS) is 58.9. The van der Waals surface area contributed by atoms with Crippen molar-refractivity contribution in [2.75, 3.05) is 13.2 Å². The number of hydrogen-bond donors (Lipinski definition) is 7. The zero-order chi connectivity index (χ0) is 37.1. The van der Waals surface area contributed by atoms with Crippen molar-refractivity contribution >= 4 is 0 Å². The number of allylic oxidation sites excluding steroid dienone is 1. The molecule has 8 aliphatic rings. The van der Waals surface area contributed by atoms with Crippen LogP contribution >= 0.6 is 0 Å². The third-order valence-electron chi connectivity index (χ3n) is 15.6. The predicted octanol–water partition coefficient (Wildman–Crippen LogP) is 1.36. The summed E-state index contributed by atoms with van der Waals surface area (Å²) in [5.74, 6) is 1.86. The molecule has 0 unspecified atom stereocenters. The number of hydrogen-bond acceptors (Lipinski definition) is 13. The van der Waals surface area contributed by atoms with Gasteiger partial charge in [0.1, 0.15) is 42.7 Å². The molecule has 52 heavy (non-hydrogen) atoms. The summed E-state index contributed by atoms with van der Waals surface area (Å²) in [6.07, 6.45) is -5.95. The van der Waals surface area contributed by atoms with Gasteiger partial charge in [-0.2, -0.15) is 0 Å². The summed E-state index contributed by atoms with van der Waals surface area (Å²) < 4.78 is 38.2. The van der Waals surface area contributed by atoms with Crippen molar-refractivity contribution in [3.63, 3.8) is 0 Å². The summed E-state index contributed by atoms with van der Waals surface area (Å²) in [4.78, 5) is 0. The molecule has 0 amide bonds. The first kappa shape index (κ1) is 38.1. The summed E-state index contributed by atoms with van der Waals surface area (Å²) in [6, 6.07) is 0. The molecule has 7 fully saturated rings. The Morgan fingerprint density at radius 2 is 1.60 bits per heavy atom. The number of aliphatic hydroxyl groups excluding tert-OH is 7. The smallest absolute Gasteiger partial charge is 0.187 e. The maximum atomic E-state index is 11.3. The van der Waals surface area contributed by atoms with E-state index in [-0.39, 0.29) is 17.4 Å². The SMILES string of the molecule is C[C@H]1CC[C@@]2(OC1)O[C@H]1C[C@H]3[C@H]4CC=C5C[C@@H](O)C[C@@H](O[C@H]6O[C@@H](CO)[C@H](O)[C@@H](O)[C@H]6O[C@@H]6O[C@@H](C)[C@H](O)[C@H](O)[C@H]6O)[C@]5(C)[C@H]4CC[C@]3(C)[C@H]1[C@@H]2C. The van der Waals surface area contributed by atoms with E-state index in [0.717, 1.165) is 50.7 Å². The van der Waals surface area contributed by atoms with Crippen LogP contribution in [0.2, 0.25) is 0 Å². The van der Waals surface area contributed by atoms with E-state index in [1.807, 2.05) is 0 Å². The molecule has 7 N–H and O–H groups in total. The lowest BCUT2D eigenvalue weighted by Gasteiger charge is -2.60. The van der Waals surface area contributed by atoms with Gasteiger partial charge < -0.3 is 64.2 Å². The lowest BCUT2D eigenvalue weighted by molar-refractivity contribution is -0.374. The molecule has 4 aliphatic carbocycles. The lowest BCUT2D eigenvalue weighted by Crippen LogP contribution is -2.65. The fraction of sp³-hybridized carbons (Fsp3) is 0.949. The van der Waals surface area contributed by atoms with Gasteiger partial charge in [-0.3, -0.25) is 0 Å². The van der Waals surface area contributed by atoms with E-state index in [0.29, 0.717) is 42.4 Å². The van der Waals surface area contributed by atoms with E-state index in [2.05, 4.69) is 33.8 Å². The molecule has 13 nitrogen and oxygen atoms in total. The van der Waals surface area contributed by atoms with E-state index in [1.54, 1.807) is 0 Å². The first-order valence-corrected chi connectivity index (χ1v) is 19.9. The van der Waals surface area contributed by atoms with Crippen molar-refractivity contribution in [1.29, 1.82) is 0 Å². The second-order valence-electron chi connectivity index (χ2n) is 18.3. The predicted molar refractivity (Wildman–Crippen MR) is 183 cm³/mol. The van der Waals surface area contributed by atoms with Crippen LogP contribution in [0, 0.1) is 46.3 Å². The highest BCUT2D eigenvalue weighted by Crippen LogP contribution is 2.71. The van der Waals surface area contributed by atoms with Gasteiger partial charge in [-0.1, -0.05) is 39.3 Å². The van der Waals surface area contributed by atoms with Gasteiger partial charge in [-0.05, 0) is 80.5 Å². The molecule has 22 atom stereocenters. The van der Waals surface area contributed by atoms with Crippen LogP contribution in [-0.2, 0) is 28.4 Å². The number of fused-ring (bicyclic) bond motifs is 7. The second kappa shape index (κ2) is 13.7. The highest BCUT2D eigenvalue weighted by molar-refractivity contribution is 5.29. The molecule has 4 aliphatic heterocycles. The number of rotatable bonds is 5. The average molecular weight is 739 g/mol. The van der Waals surface area contributed by atoms with Crippen LogP contribution in [0.1, 0.15) is 86.0 Å². The van der Waals surface area contributed by atoms with Crippen molar-refractivity contribution in [3.05, 3.63) is 11.6 Å². The molecule has 0 bridgehead atoms. The summed E-state index contributed by atoms with van der Waals surface area (Å²) in [6.45, 7) is 11.0. The van der Waals surface area contributed by atoms with Gasteiger partial charge in [-0.25, -0.2) is 0 Å². The van der Waals surface area contributed by atoms with Gasteiger partial charge in [0, 0.05) is 24.2 Å². The summed E-state index contributed by atoms with van der Waals surface area (Å²) >= 11 is 0. The van der Waals surface area contributed by atoms with Crippen LogP contribution in [0.3, 0.4) is 0 Å². The Labute approximate surface area is 306 Å². The molecule has 0 aromatic heterocycles. The van der Waals surface area contributed by atoms with Crippen LogP contribution < -0.4 is 0 Å². The van der Waals surface area contributed by atoms with Crippen LogP contribution in [0.5, 0.6) is 0 Å². The Kier molecular flexibility index (Phi) is 10.0. The van der Waals surface area contributed by atoms with Crippen LogP contribution in [0.15, 0.2) is 11.6 Å². The highest BCUT2D eigenvalue weighted by Gasteiger charge is 2.69. The maximum Gasteiger partial charge on any atom is 0.187 e. The number of ether oxygens (including phenoxy) is 6. The van der Waals surface area contributed by atoms with E-state index in [9.17, 15) is 35.7 Å². The van der Waals surface area contributed by atoms with Crippen molar-refractivity contribution in [2.24, 2.45) is 46.3 Å². The van der Waals surface area contributed by atoms with Gasteiger partial charge in [0.25, 0.3) is 0 Å². The van der Waals surface area contributed by atoms with Gasteiger partial charge in [0.05, 0.1) is 37.6 Å². The average Bonchev–Trinajstić information content (AvgIpc) is 3.56. The molecule has 0 aromatic rings. The van der Waals surface area contributed by atoms with Crippen LogP contribution in [0.4, 0.5) is 0 Å². The standard InChI is InChI=1S/C39H62O13/c1-17-8-11-39(47-16-17)18(2)28-25(52-39)14-24-22-7-6-20-12-21(41)13-27(38(20,5)23(22)9-10-37(24,28)4)50-36-34(32(45)30(43)26(15-40)49-36)51-35-33(46)31(44)29(42)19(3)48-35/h6,17-19,21-36,40-46H,7-16H2,1-5H3/t17-,18-,19-,21+,22-,23-,24-,25-,26-,27+,28-,29-,30-,31-,32+,33+,34+,35-,36+,37-,38-,39+/m0/s1. The van der Waals surface area contributed by atoms with Crippen molar-refractivity contribution < 1.29 is 64.2 Å². The van der Waals surface area contributed by atoms with Crippen molar-refractivity contribution in [2.45, 2.75) is 171 Å². The third-order valence-corrected chi connectivity index (χ3v) is 15.6. The second-order valence-corrected chi connectivity index (χ2v) is 18.3. The number of aliphatic hydroxyl groups is 7. The van der Waals surface area contributed by atoms with E-state index in [4.69, 9.17) is 28.4 Å². The first-order valence-electron chi connectivity index (χ1n) is 19.9. The molecule has 3 saturated carbocycles. The minimum Gasteiger partial charge on any atom is -0.394 e. The molecule has 0 radical (unpaired) electrons. The molecular formula is C39H62O13. The Morgan fingerprint density at radius 1 is 0.827 bits per heavy atom.